The van der Waals surface area contributed by atoms with Gasteiger partial charge in [-0.1, -0.05) is 13.8 Å². The Labute approximate surface area is 154 Å². The molecule has 2 rings (SSSR count). The van der Waals surface area contributed by atoms with Crippen LogP contribution in [0.4, 0.5) is 0 Å². The van der Waals surface area contributed by atoms with E-state index in [1.807, 2.05) is 13.8 Å². The molecule has 1 aliphatic rings. The lowest BCUT2D eigenvalue weighted by atomic mass is 10.1. The molecule has 26 heavy (non-hydrogen) atoms. The molecule has 2 amide bonds. The van der Waals surface area contributed by atoms with Gasteiger partial charge < -0.3 is 14.8 Å². The molecule has 1 fully saturated rings. The summed E-state index contributed by atoms with van der Waals surface area (Å²) in [6.45, 7) is 5.22. The predicted molar refractivity (Wildman–Crippen MR) is 99.1 cm³/mol. The van der Waals surface area contributed by atoms with Crippen molar-refractivity contribution in [1.82, 2.24) is 10.7 Å². The second kappa shape index (κ2) is 10.6. The highest BCUT2D eigenvalue weighted by Gasteiger charge is 2.16. The minimum atomic E-state index is -0.168. The lowest BCUT2D eigenvalue weighted by Gasteiger charge is -2.11. The third kappa shape index (κ3) is 7.65. The Morgan fingerprint density at radius 3 is 2.73 bits per heavy atom. The number of hydrazone groups is 1. The van der Waals surface area contributed by atoms with Crippen LogP contribution in [-0.4, -0.2) is 43.9 Å². The second-order valence-corrected chi connectivity index (χ2v) is 6.69. The first kappa shape index (κ1) is 19.9. The molecule has 1 aromatic rings. The first-order chi connectivity index (χ1) is 12.5. The summed E-state index contributed by atoms with van der Waals surface area (Å²) in [6.07, 6.45) is 4.17. The van der Waals surface area contributed by atoms with Crippen molar-refractivity contribution in [2.24, 2.45) is 11.0 Å². The molecule has 142 valence electrons. The van der Waals surface area contributed by atoms with Crippen molar-refractivity contribution in [3.8, 4) is 5.75 Å². The quantitative estimate of drug-likeness (QED) is 0.519. The highest BCUT2D eigenvalue weighted by Crippen LogP contribution is 2.12. The molecule has 1 saturated heterocycles. The van der Waals surface area contributed by atoms with E-state index in [4.69, 9.17) is 9.47 Å². The molecular weight excluding hydrogens is 334 g/mol. The lowest BCUT2D eigenvalue weighted by Crippen LogP contribution is -2.35. The first-order valence-electron chi connectivity index (χ1n) is 8.96. The van der Waals surface area contributed by atoms with E-state index in [0.717, 1.165) is 25.0 Å². The van der Waals surface area contributed by atoms with E-state index in [1.165, 1.54) is 0 Å². The third-order valence-corrected chi connectivity index (χ3v) is 3.80. The molecule has 0 radical (unpaired) electrons. The average Bonchev–Trinajstić information content (AvgIpc) is 3.12. The van der Waals surface area contributed by atoms with Crippen LogP contribution in [0, 0.1) is 5.92 Å². The van der Waals surface area contributed by atoms with Gasteiger partial charge in [0.05, 0.1) is 12.3 Å². The summed E-state index contributed by atoms with van der Waals surface area (Å²) in [6, 6.07) is 7.12. The van der Waals surface area contributed by atoms with Crippen LogP contribution in [0.2, 0.25) is 0 Å². The van der Waals surface area contributed by atoms with Gasteiger partial charge in [-0.15, -0.1) is 0 Å². The van der Waals surface area contributed by atoms with Gasteiger partial charge in [-0.05, 0) is 48.6 Å². The molecule has 2 N–H and O–H groups in total. The van der Waals surface area contributed by atoms with Crippen LogP contribution in [0.15, 0.2) is 29.4 Å². The van der Waals surface area contributed by atoms with Gasteiger partial charge in [-0.2, -0.15) is 5.10 Å². The lowest BCUT2D eigenvalue weighted by molar-refractivity contribution is -0.123. The molecule has 7 heteroatoms. The Kier molecular flexibility index (Phi) is 8.08. The fraction of sp³-hybridized carbons (Fsp3) is 0.526. The van der Waals surface area contributed by atoms with Gasteiger partial charge in [-0.25, -0.2) is 5.43 Å². The maximum Gasteiger partial charge on any atom is 0.258 e. The minimum absolute atomic E-state index is 0.0363. The smallest absolute Gasteiger partial charge is 0.258 e. The van der Waals surface area contributed by atoms with E-state index >= 15 is 0 Å². The number of carbonyl (C=O) groups is 2. The van der Waals surface area contributed by atoms with Crippen LogP contribution in [0.3, 0.4) is 0 Å². The number of carbonyl (C=O) groups excluding carboxylic acids is 2. The molecule has 0 saturated carbocycles. The minimum Gasteiger partial charge on any atom is -0.484 e. The number of nitrogens with zero attached hydrogens (tertiary/aromatic N) is 1. The number of ether oxygens (including phenoxy) is 2. The van der Waals surface area contributed by atoms with Crippen LogP contribution < -0.4 is 15.5 Å². The van der Waals surface area contributed by atoms with Crippen molar-refractivity contribution in [3.63, 3.8) is 0 Å². The van der Waals surface area contributed by atoms with E-state index in [9.17, 15) is 9.59 Å². The molecule has 0 aromatic heterocycles. The van der Waals surface area contributed by atoms with E-state index in [-0.39, 0.29) is 24.5 Å². The molecule has 1 aliphatic heterocycles. The zero-order valence-electron chi connectivity index (χ0n) is 15.4. The first-order valence-corrected chi connectivity index (χ1v) is 8.96. The maximum atomic E-state index is 11.8. The topological polar surface area (TPSA) is 89.0 Å². The molecule has 1 atom stereocenters. The zero-order valence-corrected chi connectivity index (χ0v) is 15.4. The molecule has 1 heterocycles. The number of hydrogen-bond acceptors (Lipinski definition) is 5. The fourth-order valence-corrected chi connectivity index (χ4v) is 2.48. The highest BCUT2D eigenvalue weighted by molar-refractivity contribution is 5.82. The van der Waals surface area contributed by atoms with Gasteiger partial charge in [-0.3, -0.25) is 9.59 Å². The van der Waals surface area contributed by atoms with Crippen molar-refractivity contribution in [2.75, 3.05) is 19.8 Å². The highest BCUT2D eigenvalue weighted by atomic mass is 16.5. The maximum absolute atomic E-state index is 11.8. The average molecular weight is 361 g/mol. The van der Waals surface area contributed by atoms with Crippen LogP contribution in [0.1, 0.15) is 38.7 Å². The standard InChI is InChI=1S/C19H27N3O4/c1-14(2)10-18(23)22-21-11-15-5-7-16(8-6-15)26-13-19(24)20-12-17-4-3-9-25-17/h5-8,11,14,17H,3-4,9-10,12-13H2,1-2H3,(H,20,24)(H,22,23)/b21-11-/t17-/m1/s1. The van der Waals surface area contributed by atoms with E-state index in [1.54, 1.807) is 30.5 Å². The fourth-order valence-electron chi connectivity index (χ4n) is 2.48. The van der Waals surface area contributed by atoms with Gasteiger partial charge in [0.1, 0.15) is 5.75 Å². The Morgan fingerprint density at radius 2 is 2.08 bits per heavy atom. The summed E-state index contributed by atoms with van der Waals surface area (Å²) in [5.74, 6) is 0.618. The Bertz CT molecular complexity index is 608. The molecular formula is C19H27N3O4. The molecule has 0 unspecified atom stereocenters. The van der Waals surface area contributed by atoms with Crippen molar-refractivity contribution in [1.29, 1.82) is 0 Å². The molecule has 0 aliphatic carbocycles. The Morgan fingerprint density at radius 1 is 1.31 bits per heavy atom. The summed E-state index contributed by atoms with van der Waals surface area (Å²) < 4.78 is 10.9. The monoisotopic (exact) mass is 361 g/mol. The van der Waals surface area contributed by atoms with Crippen LogP contribution in [0.25, 0.3) is 0 Å². The van der Waals surface area contributed by atoms with Gasteiger partial charge in [0, 0.05) is 19.6 Å². The number of nitrogens with one attached hydrogen (secondary N) is 2. The summed E-state index contributed by atoms with van der Waals surface area (Å²) in [5.41, 5.74) is 3.31. The van der Waals surface area contributed by atoms with Crippen LogP contribution >= 0.6 is 0 Å². The summed E-state index contributed by atoms with van der Waals surface area (Å²) >= 11 is 0. The van der Waals surface area contributed by atoms with Crippen molar-refractivity contribution in [2.45, 2.75) is 39.2 Å². The van der Waals surface area contributed by atoms with Crippen molar-refractivity contribution >= 4 is 18.0 Å². The van der Waals surface area contributed by atoms with E-state index in [2.05, 4.69) is 15.8 Å². The van der Waals surface area contributed by atoms with Crippen molar-refractivity contribution < 1.29 is 19.1 Å². The van der Waals surface area contributed by atoms with Gasteiger partial charge in [0.2, 0.25) is 5.91 Å². The Hall–Kier alpha value is -2.41. The van der Waals surface area contributed by atoms with E-state index in [0.29, 0.717) is 24.6 Å². The van der Waals surface area contributed by atoms with Crippen molar-refractivity contribution in [3.05, 3.63) is 29.8 Å². The van der Waals surface area contributed by atoms with Gasteiger partial charge >= 0.3 is 0 Å². The number of benzene rings is 1. The summed E-state index contributed by atoms with van der Waals surface area (Å²) in [5, 5.41) is 6.73. The molecule has 7 nitrogen and oxygen atoms in total. The third-order valence-electron chi connectivity index (χ3n) is 3.80. The Balaban J connectivity index is 1.67. The largest absolute Gasteiger partial charge is 0.484 e. The normalized spacial score (nSPS) is 16.8. The van der Waals surface area contributed by atoms with Gasteiger partial charge in [0.15, 0.2) is 6.61 Å². The summed E-state index contributed by atoms with van der Waals surface area (Å²) in [4.78, 5) is 23.3. The number of hydrogen-bond donors (Lipinski definition) is 2. The second-order valence-electron chi connectivity index (χ2n) is 6.69. The zero-order chi connectivity index (χ0) is 18.8. The van der Waals surface area contributed by atoms with Gasteiger partial charge in [0.25, 0.3) is 5.91 Å². The predicted octanol–water partition coefficient (Wildman–Crippen LogP) is 1.86. The van der Waals surface area contributed by atoms with E-state index < -0.39 is 0 Å². The molecule has 1 aromatic carbocycles. The van der Waals surface area contributed by atoms with Crippen LogP contribution in [-0.2, 0) is 14.3 Å². The van der Waals surface area contributed by atoms with Crippen LogP contribution in [0.5, 0.6) is 5.75 Å². The summed E-state index contributed by atoms with van der Waals surface area (Å²) in [7, 11) is 0. The number of rotatable bonds is 9. The molecule has 0 spiro atoms. The molecule has 0 bridgehead atoms. The number of amides is 2. The SMILES string of the molecule is CC(C)CC(=O)N/N=C\c1ccc(OCC(=O)NC[C@H]2CCCO2)cc1.